The summed E-state index contributed by atoms with van der Waals surface area (Å²) in [5.74, 6) is 0. The Labute approximate surface area is 123 Å². The number of anilines is 1. The van der Waals surface area contributed by atoms with Crippen molar-refractivity contribution in [3.8, 4) is 0 Å². The molecule has 1 aliphatic rings. The molecule has 114 valence electrons. The number of nitro benzene ring substituents is 1. The first kappa shape index (κ1) is 14.4. The van der Waals surface area contributed by atoms with Crippen molar-refractivity contribution in [2.75, 3.05) is 11.4 Å². The third-order valence-corrected chi connectivity index (χ3v) is 3.63. The number of nitrogens with zero attached hydrogens (tertiary/aromatic N) is 2. The van der Waals surface area contributed by atoms with Gasteiger partial charge in [-0.3, -0.25) is 10.1 Å². The maximum Gasteiger partial charge on any atom is 0.416 e. The summed E-state index contributed by atoms with van der Waals surface area (Å²) in [6, 6.07) is 11.2. The first-order chi connectivity index (χ1) is 10.4. The third-order valence-electron chi connectivity index (χ3n) is 3.63. The van der Waals surface area contributed by atoms with Crippen molar-refractivity contribution in [2.24, 2.45) is 0 Å². The van der Waals surface area contributed by atoms with Crippen LogP contribution in [-0.2, 0) is 6.18 Å². The molecule has 0 spiro atoms. The van der Waals surface area contributed by atoms with Gasteiger partial charge in [-0.05, 0) is 29.8 Å². The van der Waals surface area contributed by atoms with Gasteiger partial charge in [-0.25, -0.2) is 0 Å². The molecular weight excluding hydrogens is 297 g/mol. The van der Waals surface area contributed by atoms with Crippen LogP contribution in [0.25, 0.3) is 0 Å². The lowest BCUT2D eigenvalue weighted by Gasteiger charge is -2.09. The SMILES string of the molecule is O=[N+]([O-])c1ccc([C@H]2CN2c2ccc(C(F)(F)F)cc2)cc1. The largest absolute Gasteiger partial charge is 0.416 e. The Balaban J connectivity index is 1.72. The van der Waals surface area contributed by atoms with E-state index in [4.69, 9.17) is 0 Å². The van der Waals surface area contributed by atoms with E-state index in [0.717, 1.165) is 17.7 Å². The van der Waals surface area contributed by atoms with Gasteiger partial charge in [-0.1, -0.05) is 12.1 Å². The molecule has 0 unspecified atom stereocenters. The molecule has 0 aromatic heterocycles. The van der Waals surface area contributed by atoms with Crippen molar-refractivity contribution < 1.29 is 18.1 Å². The Kier molecular flexibility index (Phi) is 3.27. The van der Waals surface area contributed by atoms with Crippen LogP contribution in [-0.4, -0.2) is 11.5 Å². The minimum Gasteiger partial charge on any atom is -0.360 e. The van der Waals surface area contributed by atoms with E-state index in [-0.39, 0.29) is 11.7 Å². The predicted molar refractivity (Wildman–Crippen MR) is 74.6 cm³/mol. The lowest BCUT2D eigenvalue weighted by Crippen LogP contribution is -2.04. The molecule has 3 rings (SSSR count). The number of non-ortho nitro benzene ring substituents is 1. The number of alkyl halides is 3. The molecule has 0 aliphatic carbocycles. The van der Waals surface area contributed by atoms with Crippen molar-refractivity contribution in [1.82, 2.24) is 0 Å². The van der Waals surface area contributed by atoms with Crippen molar-refractivity contribution in [3.05, 3.63) is 69.8 Å². The average Bonchev–Trinajstić information content (AvgIpc) is 3.27. The van der Waals surface area contributed by atoms with E-state index < -0.39 is 16.7 Å². The van der Waals surface area contributed by atoms with Crippen LogP contribution in [0.15, 0.2) is 48.5 Å². The Morgan fingerprint density at radius 3 is 2.14 bits per heavy atom. The van der Waals surface area contributed by atoms with Crippen molar-refractivity contribution in [1.29, 1.82) is 0 Å². The second-order valence-electron chi connectivity index (χ2n) is 5.06. The van der Waals surface area contributed by atoms with Crippen LogP contribution in [0.2, 0.25) is 0 Å². The van der Waals surface area contributed by atoms with Gasteiger partial charge in [0, 0.05) is 24.4 Å². The van der Waals surface area contributed by atoms with Gasteiger partial charge in [-0.15, -0.1) is 0 Å². The zero-order chi connectivity index (χ0) is 15.9. The summed E-state index contributed by atoms with van der Waals surface area (Å²) in [7, 11) is 0. The maximum absolute atomic E-state index is 12.5. The molecule has 1 heterocycles. The molecule has 2 aromatic rings. The van der Waals surface area contributed by atoms with Crippen LogP contribution in [0.3, 0.4) is 0 Å². The predicted octanol–water partition coefficient (Wildman–Crippen LogP) is 4.17. The summed E-state index contributed by atoms with van der Waals surface area (Å²) < 4.78 is 37.5. The van der Waals surface area contributed by atoms with Crippen molar-refractivity contribution >= 4 is 11.4 Å². The summed E-state index contributed by atoms with van der Waals surface area (Å²) in [5.41, 5.74) is 0.956. The number of hydrogen-bond acceptors (Lipinski definition) is 3. The third kappa shape index (κ3) is 2.74. The maximum atomic E-state index is 12.5. The minimum absolute atomic E-state index is 0.0190. The van der Waals surface area contributed by atoms with Crippen molar-refractivity contribution in [2.45, 2.75) is 12.2 Å². The van der Waals surface area contributed by atoms with Crippen LogP contribution in [0.4, 0.5) is 24.5 Å². The second-order valence-corrected chi connectivity index (χ2v) is 5.06. The highest BCUT2D eigenvalue weighted by atomic mass is 19.4. The smallest absolute Gasteiger partial charge is 0.360 e. The van der Waals surface area contributed by atoms with Gasteiger partial charge in [0.2, 0.25) is 0 Å². The fourth-order valence-electron chi connectivity index (χ4n) is 2.37. The fourth-order valence-corrected chi connectivity index (χ4v) is 2.37. The molecule has 1 aliphatic heterocycles. The number of halogens is 3. The molecular formula is C15H11F3N2O2. The van der Waals surface area contributed by atoms with Crippen molar-refractivity contribution in [3.63, 3.8) is 0 Å². The molecule has 0 bridgehead atoms. The number of nitro groups is 1. The van der Waals surface area contributed by atoms with Crippen LogP contribution in [0.1, 0.15) is 17.2 Å². The summed E-state index contributed by atoms with van der Waals surface area (Å²) in [4.78, 5) is 12.1. The summed E-state index contributed by atoms with van der Waals surface area (Å²) >= 11 is 0. The van der Waals surface area contributed by atoms with E-state index in [2.05, 4.69) is 0 Å². The highest BCUT2D eigenvalue weighted by Crippen LogP contribution is 2.41. The molecule has 1 saturated heterocycles. The van der Waals surface area contributed by atoms with Gasteiger partial charge in [0.05, 0.1) is 16.5 Å². The molecule has 4 nitrogen and oxygen atoms in total. The van der Waals surface area contributed by atoms with Gasteiger partial charge in [-0.2, -0.15) is 13.2 Å². The standard InChI is InChI=1S/C15H11F3N2O2/c16-15(17,18)11-3-7-12(8-4-11)19-9-14(19)10-1-5-13(6-2-10)20(21)22/h1-8,14H,9H2/t14-,19?/m1/s1. The molecule has 0 saturated carbocycles. The normalized spacial score (nSPS) is 17.4. The average molecular weight is 308 g/mol. The van der Waals surface area contributed by atoms with E-state index in [1.807, 2.05) is 4.90 Å². The first-order valence-corrected chi connectivity index (χ1v) is 6.54. The molecule has 0 radical (unpaired) electrons. The Morgan fingerprint density at radius 1 is 1.05 bits per heavy atom. The van der Waals surface area contributed by atoms with Crippen LogP contribution in [0, 0.1) is 10.1 Å². The number of rotatable bonds is 3. The van der Waals surface area contributed by atoms with Gasteiger partial charge < -0.3 is 4.90 Å². The zero-order valence-corrected chi connectivity index (χ0v) is 11.2. The monoisotopic (exact) mass is 308 g/mol. The highest BCUT2D eigenvalue weighted by molar-refractivity contribution is 5.57. The molecule has 2 aromatic carbocycles. The van der Waals surface area contributed by atoms with Crippen LogP contribution >= 0.6 is 0 Å². The highest BCUT2D eigenvalue weighted by Gasteiger charge is 2.36. The Morgan fingerprint density at radius 2 is 1.64 bits per heavy atom. The van der Waals surface area contributed by atoms with Gasteiger partial charge in [0.25, 0.3) is 5.69 Å². The molecule has 22 heavy (non-hydrogen) atoms. The Bertz CT molecular complexity index is 696. The Hall–Kier alpha value is -2.57. The molecule has 0 amide bonds. The summed E-state index contributed by atoms with van der Waals surface area (Å²) in [5, 5.41) is 10.6. The van der Waals surface area contributed by atoms with Gasteiger partial charge in [0.15, 0.2) is 0 Å². The van der Waals surface area contributed by atoms with Gasteiger partial charge >= 0.3 is 6.18 Å². The zero-order valence-electron chi connectivity index (χ0n) is 11.2. The van der Waals surface area contributed by atoms with E-state index >= 15 is 0 Å². The molecule has 7 heteroatoms. The topological polar surface area (TPSA) is 46.1 Å². The lowest BCUT2D eigenvalue weighted by atomic mass is 10.1. The molecule has 1 atom stereocenters. The van der Waals surface area contributed by atoms with E-state index in [9.17, 15) is 23.3 Å². The van der Waals surface area contributed by atoms with E-state index in [1.54, 1.807) is 12.1 Å². The molecule has 1 fully saturated rings. The second kappa shape index (κ2) is 5.01. The first-order valence-electron chi connectivity index (χ1n) is 6.54. The van der Waals surface area contributed by atoms with Gasteiger partial charge in [0.1, 0.15) is 0 Å². The quantitative estimate of drug-likeness (QED) is 0.485. The summed E-state index contributed by atoms with van der Waals surface area (Å²) in [6.07, 6.45) is -4.34. The fraction of sp³-hybridized carbons (Fsp3) is 0.200. The number of hydrogen-bond donors (Lipinski definition) is 0. The summed E-state index contributed by atoms with van der Waals surface area (Å²) in [6.45, 7) is 0.684. The lowest BCUT2D eigenvalue weighted by molar-refractivity contribution is -0.384. The van der Waals surface area contributed by atoms with E-state index in [0.29, 0.717) is 12.2 Å². The van der Waals surface area contributed by atoms with E-state index in [1.165, 1.54) is 24.3 Å². The minimum atomic E-state index is -4.34. The van der Waals surface area contributed by atoms with Crippen LogP contribution < -0.4 is 4.90 Å². The van der Waals surface area contributed by atoms with Crippen LogP contribution in [0.5, 0.6) is 0 Å². The number of benzene rings is 2. The molecule has 0 N–H and O–H groups in total.